The van der Waals surface area contributed by atoms with Crippen molar-refractivity contribution in [2.45, 2.75) is 25.1 Å². The van der Waals surface area contributed by atoms with Crippen molar-refractivity contribution in [3.8, 4) is 5.75 Å². The van der Waals surface area contributed by atoms with E-state index in [2.05, 4.69) is 10.1 Å². The molecular weight excluding hydrogens is 397 g/mol. The summed E-state index contributed by atoms with van der Waals surface area (Å²) in [5, 5.41) is 2.50. The number of anilines is 1. The van der Waals surface area contributed by atoms with E-state index in [-0.39, 0.29) is 16.1 Å². The summed E-state index contributed by atoms with van der Waals surface area (Å²) in [6.45, 7) is 4.01. The van der Waals surface area contributed by atoms with Gasteiger partial charge in [-0.1, -0.05) is 19.9 Å². The molecule has 0 aromatic heterocycles. The molecule has 0 aliphatic heterocycles. The van der Waals surface area contributed by atoms with Gasteiger partial charge in [0.25, 0.3) is 5.91 Å². The molecule has 2 rings (SSSR count). The Morgan fingerprint density at radius 1 is 1.07 bits per heavy atom. The second-order valence-corrected chi connectivity index (χ2v) is 7.58. The number of carbonyl (C=O) groups is 1. The van der Waals surface area contributed by atoms with E-state index in [1.54, 1.807) is 13.8 Å². The fraction of sp³-hybridized carbons (Fsp3) is 0.278. The summed E-state index contributed by atoms with van der Waals surface area (Å²) < 4.78 is 66.7. The average Bonchev–Trinajstić information content (AvgIpc) is 2.63. The van der Waals surface area contributed by atoms with E-state index in [1.807, 2.05) is 0 Å². The number of hydrogen-bond acceptors (Lipinski definition) is 4. The Balaban J connectivity index is 2.17. The minimum Gasteiger partial charge on any atom is -0.406 e. The van der Waals surface area contributed by atoms with Crippen LogP contribution < -0.4 is 10.1 Å². The highest BCUT2D eigenvalue weighted by Crippen LogP contribution is 2.24. The third kappa shape index (κ3) is 5.46. The second-order valence-electron chi connectivity index (χ2n) is 5.64. The number of nitrogens with zero attached hydrogens (tertiary/aromatic N) is 1. The van der Waals surface area contributed by atoms with Gasteiger partial charge >= 0.3 is 6.36 Å². The zero-order valence-corrected chi connectivity index (χ0v) is 16.0. The highest BCUT2D eigenvalue weighted by molar-refractivity contribution is 7.89. The van der Waals surface area contributed by atoms with Crippen molar-refractivity contribution >= 4 is 21.6 Å². The van der Waals surface area contributed by atoms with Crippen molar-refractivity contribution in [3.63, 3.8) is 0 Å². The van der Waals surface area contributed by atoms with Crippen molar-refractivity contribution in [2.24, 2.45) is 0 Å². The van der Waals surface area contributed by atoms with Gasteiger partial charge in [0.2, 0.25) is 10.0 Å². The summed E-state index contributed by atoms with van der Waals surface area (Å²) in [6.07, 6.45) is -4.80. The maximum Gasteiger partial charge on any atom is 0.573 e. The number of ether oxygens (including phenoxy) is 1. The number of amides is 1. The van der Waals surface area contributed by atoms with E-state index in [0.717, 1.165) is 12.1 Å². The summed E-state index contributed by atoms with van der Waals surface area (Å²) in [7, 11) is -3.72. The van der Waals surface area contributed by atoms with Gasteiger partial charge in [-0.2, -0.15) is 4.31 Å². The normalized spacial score (nSPS) is 12.1. The monoisotopic (exact) mass is 416 g/mol. The first-order valence-electron chi connectivity index (χ1n) is 8.34. The molecule has 1 N–H and O–H groups in total. The van der Waals surface area contributed by atoms with Gasteiger partial charge in [-0.15, -0.1) is 13.2 Å². The van der Waals surface area contributed by atoms with Crippen LogP contribution in [0.4, 0.5) is 18.9 Å². The molecular formula is C18H19F3N2O4S. The van der Waals surface area contributed by atoms with Gasteiger partial charge in [0, 0.05) is 24.3 Å². The maximum atomic E-state index is 12.6. The number of hydrogen-bond donors (Lipinski definition) is 1. The van der Waals surface area contributed by atoms with E-state index in [1.165, 1.54) is 40.7 Å². The standard InChI is InChI=1S/C18H19F3N2O4S/c1-3-23(4-2)28(25,26)16-7-5-6-13(12-16)17(24)22-14-8-10-15(11-9-14)27-18(19,20)21/h5-12H,3-4H2,1-2H3,(H,22,24). The number of nitrogens with one attached hydrogen (secondary N) is 1. The van der Waals surface area contributed by atoms with Crippen molar-refractivity contribution in [1.82, 2.24) is 4.31 Å². The highest BCUT2D eigenvalue weighted by Gasteiger charge is 2.31. The van der Waals surface area contributed by atoms with E-state index >= 15 is 0 Å². The fourth-order valence-corrected chi connectivity index (χ4v) is 3.96. The SMILES string of the molecule is CCN(CC)S(=O)(=O)c1cccc(C(=O)Nc2ccc(OC(F)(F)F)cc2)c1. The molecule has 0 spiro atoms. The van der Waals surface area contributed by atoms with Crippen LogP contribution in [0.25, 0.3) is 0 Å². The highest BCUT2D eigenvalue weighted by atomic mass is 32.2. The average molecular weight is 416 g/mol. The quantitative estimate of drug-likeness (QED) is 0.744. The molecule has 0 saturated carbocycles. The van der Waals surface area contributed by atoms with E-state index in [4.69, 9.17) is 0 Å². The predicted octanol–water partition coefficient (Wildman–Crippen LogP) is 3.87. The van der Waals surface area contributed by atoms with Crippen molar-refractivity contribution in [2.75, 3.05) is 18.4 Å². The smallest absolute Gasteiger partial charge is 0.406 e. The summed E-state index contributed by atoms with van der Waals surface area (Å²) in [5.41, 5.74) is 0.334. The van der Waals surface area contributed by atoms with Crippen molar-refractivity contribution < 1.29 is 31.1 Å². The van der Waals surface area contributed by atoms with Gasteiger partial charge < -0.3 is 10.1 Å². The molecule has 2 aromatic carbocycles. The molecule has 0 bridgehead atoms. The molecule has 0 saturated heterocycles. The van der Waals surface area contributed by atoms with Gasteiger partial charge in [-0.25, -0.2) is 8.42 Å². The molecule has 152 valence electrons. The van der Waals surface area contributed by atoms with Crippen molar-refractivity contribution in [1.29, 1.82) is 0 Å². The number of benzene rings is 2. The molecule has 10 heteroatoms. The van der Waals surface area contributed by atoms with Crippen molar-refractivity contribution in [3.05, 3.63) is 54.1 Å². The lowest BCUT2D eigenvalue weighted by Gasteiger charge is -2.18. The van der Waals surface area contributed by atoms with E-state index < -0.39 is 28.0 Å². The maximum absolute atomic E-state index is 12.6. The van der Waals surface area contributed by atoms with Gasteiger partial charge in [0.05, 0.1) is 4.90 Å². The van der Waals surface area contributed by atoms with Crippen LogP contribution in [0.2, 0.25) is 0 Å². The van der Waals surface area contributed by atoms with Crippen LogP contribution in [0.15, 0.2) is 53.4 Å². The number of alkyl halides is 3. The van der Waals surface area contributed by atoms with Gasteiger partial charge in [-0.05, 0) is 42.5 Å². The molecule has 0 fully saturated rings. The first-order chi connectivity index (χ1) is 13.1. The third-order valence-corrected chi connectivity index (χ3v) is 5.83. The zero-order chi connectivity index (χ0) is 20.9. The van der Waals surface area contributed by atoms with Crippen LogP contribution in [0, 0.1) is 0 Å². The Labute approximate surface area is 161 Å². The topological polar surface area (TPSA) is 75.7 Å². The molecule has 6 nitrogen and oxygen atoms in total. The lowest BCUT2D eigenvalue weighted by atomic mass is 10.2. The number of rotatable bonds is 7. The molecule has 0 aliphatic rings. The van der Waals surface area contributed by atoms with Crippen LogP contribution in [-0.4, -0.2) is 38.1 Å². The minimum atomic E-state index is -4.80. The first kappa shape index (κ1) is 21.7. The summed E-state index contributed by atoms with van der Waals surface area (Å²) >= 11 is 0. The predicted molar refractivity (Wildman–Crippen MR) is 97.6 cm³/mol. The van der Waals surface area contributed by atoms with Crippen LogP contribution >= 0.6 is 0 Å². The molecule has 1 amide bonds. The van der Waals surface area contributed by atoms with Gasteiger partial charge in [0.15, 0.2) is 0 Å². The Bertz CT molecular complexity index is 925. The van der Waals surface area contributed by atoms with Gasteiger partial charge in [-0.3, -0.25) is 4.79 Å². The fourth-order valence-electron chi connectivity index (χ4n) is 2.45. The zero-order valence-electron chi connectivity index (χ0n) is 15.2. The summed E-state index contributed by atoms with van der Waals surface area (Å²) in [6, 6.07) is 10.2. The Kier molecular flexibility index (Phi) is 6.68. The molecule has 28 heavy (non-hydrogen) atoms. The number of halogens is 3. The molecule has 0 aliphatic carbocycles. The Hall–Kier alpha value is -2.59. The minimum absolute atomic E-state index is 0.0159. The molecule has 2 aromatic rings. The van der Waals surface area contributed by atoms with E-state index in [0.29, 0.717) is 13.1 Å². The summed E-state index contributed by atoms with van der Waals surface area (Å²) in [5.74, 6) is -1.01. The van der Waals surface area contributed by atoms with Crippen LogP contribution in [0.3, 0.4) is 0 Å². The molecule has 0 heterocycles. The molecule has 0 unspecified atom stereocenters. The number of sulfonamides is 1. The largest absolute Gasteiger partial charge is 0.573 e. The lowest BCUT2D eigenvalue weighted by molar-refractivity contribution is -0.274. The first-order valence-corrected chi connectivity index (χ1v) is 9.78. The Morgan fingerprint density at radius 2 is 1.68 bits per heavy atom. The lowest BCUT2D eigenvalue weighted by Crippen LogP contribution is -2.30. The van der Waals surface area contributed by atoms with Gasteiger partial charge in [0.1, 0.15) is 5.75 Å². The van der Waals surface area contributed by atoms with E-state index in [9.17, 15) is 26.4 Å². The summed E-state index contributed by atoms with van der Waals surface area (Å²) in [4.78, 5) is 12.4. The molecule has 0 atom stereocenters. The second kappa shape index (κ2) is 8.61. The van der Waals surface area contributed by atoms with Crippen LogP contribution in [0.5, 0.6) is 5.75 Å². The van der Waals surface area contributed by atoms with Crippen LogP contribution in [-0.2, 0) is 10.0 Å². The molecule has 0 radical (unpaired) electrons. The number of carbonyl (C=O) groups excluding carboxylic acids is 1. The third-order valence-electron chi connectivity index (χ3n) is 3.79. The van der Waals surface area contributed by atoms with Crippen LogP contribution in [0.1, 0.15) is 24.2 Å². The Morgan fingerprint density at radius 3 is 2.21 bits per heavy atom.